The van der Waals surface area contributed by atoms with Gasteiger partial charge in [0, 0.05) is 60.7 Å². The first-order valence-electron chi connectivity index (χ1n) is 26.3. The van der Waals surface area contributed by atoms with Crippen LogP contribution in [0.3, 0.4) is 0 Å². The summed E-state index contributed by atoms with van der Waals surface area (Å²) in [5, 5.41) is 2.03. The van der Waals surface area contributed by atoms with Gasteiger partial charge in [-0.15, -0.1) is 11.8 Å². The quantitative estimate of drug-likeness (QED) is 0.0151. The predicted octanol–water partition coefficient (Wildman–Crippen LogP) is 13.4. The third kappa shape index (κ3) is 21.9. The molecule has 12 nitrogen and oxygen atoms in total. The van der Waals surface area contributed by atoms with E-state index in [0.717, 1.165) is 63.9 Å². The molecule has 1 heterocycles. The molecule has 0 spiro atoms. The number of thioether (sulfide) groups is 1. The standard InChI is InChI=1S/C20H23O3PS2.C18H20BrO3P.C18H21O3P.C4H4BrNO2.C2H4S2.K/c1-5-23-24(22,18-9-7-6-8-10-18)20(21)19-14(2)11-17(12-15(19)3)13-26-16(4)25;1-4-22-23(21,16-8-6-5-7-9-16)18(20)17-13(2)10-15(12-19)11-14(17)3;1-5-21-22(20,16-9-7-6-8-10-16)18(19)17-14(3)11-13(2)12-15(17)4;5-6-3(7)1-2-4(6)8;1-2(3)4;/h6-12H,5,13H2,1-4H3;5-11H,4,12H2,1-3H3;6-12H,5H2,1-4H3;1-2H2;1H3,(H,3,4);/q;;;;;+1/p-1. The molecule has 3 atom stereocenters. The van der Waals surface area contributed by atoms with E-state index in [-0.39, 0.29) is 83.0 Å². The van der Waals surface area contributed by atoms with Crippen molar-refractivity contribution < 1.29 is 103 Å². The SMILES string of the molecule is CC(=S)[S-].CCOP(=O)(C(=O)c1c(C)cc(C)cc1C)c1ccccc1.CCOP(=O)(C(=O)c1c(C)cc(CBr)cc1C)c1ccccc1.CCOP(=O)(C(=O)c1c(C)cc(CSC(C)=S)cc1C)c1ccccc1.O=C1CCC(=O)N1Br.[K+]. The van der Waals surface area contributed by atoms with Crippen molar-refractivity contribution in [3.05, 3.63) is 194 Å². The van der Waals surface area contributed by atoms with Crippen LogP contribution in [0.15, 0.2) is 127 Å². The smallest absolute Gasteiger partial charge is 0.433 e. The van der Waals surface area contributed by atoms with Gasteiger partial charge in [-0.2, -0.15) is 4.20 Å². The van der Waals surface area contributed by atoms with Crippen molar-refractivity contribution in [3.8, 4) is 0 Å². The van der Waals surface area contributed by atoms with Gasteiger partial charge in [-0.1, -0.05) is 132 Å². The van der Waals surface area contributed by atoms with E-state index in [4.69, 9.17) is 25.8 Å². The van der Waals surface area contributed by atoms with E-state index in [2.05, 4.69) is 56.9 Å². The predicted molar refractivity (Wildman–Crippen MR) is 359 cm³/mol. The molecule has 84 heavy (non-hydrogen) atoms. The van der Waals surface area contributed by atoms with E-state index >= 15 is 0 Å². The molecule has 1 aliphatic rings. The Labute approximate surface area is 576 Å². The molecule has 444 valence electrons. The van der Waals surface area contributed by atoms with Gasteiger partial charge in [-0.3, -0.25) is 37.7 Å². The minimum absolute atomic E-state index is 0. The van der Waals surface area contributed by atoms with Gasteiger partial charge in [-0.25, -0.2) is 3.93 Å². The van der Waals surface area contributed by atoms with Crippen molar-refractivity contribution in [1.82, 2.24) is 3.93 Å². The Morgan fingerprint density at radius 2 is 0.798 bits per heavy atom. The van der Waals surface area contributed by atoms with Crippen LogP contribution in [0.1, 0.15) is 129 Å². The van der Waals surface area contributed by atoms with E-state index < -0.39 is 38.7 Å². The second-order valence-electron chi connectivity index (χ2n) is 18.8. The fourth-order valence-electron chi connectivity index (χ4n) is 8.80. The van der Waals surface area contributed by atoms with Gasteiger partial charge in [0.1, 0.15) is 0 Å². The monoisotopic (exact) mass is 1420 g/mol. The molecule has 6 aromatic carbocycles. The van der Waals surface area contributed by atoms with Gasteiger partial charge >= 0.3 is 73.5 Å². The number of benzene rings is 6. The molecule has 7 rings (SSSR count). The Morgan fingerprint density at radius 1 is 0.536 bits per heavy atom. The van der Waals surface area contributed by atoms with Gasteiger partial charge in [0.05, 0.1) is 36.0 Å². The second-order valence-corrected chi connectivity index (χ2v) is 30.5. The van der Waals surface area contributed by atoms with Crippen LogP contribution in [0.5, 0.6) is 0 Å². The maximum absolute atomic E-state index is 13.5. The summed E-state index contributed by atoms with van der Waals surface area (Å²) in [6.07, 6.45) is 0.703. The Balaban J connectivity index is 0.000000389. The fraction of sp³-hybridized carbons (Fsp3) is 0.306. The number of amides is 2. The number of alkyl halides is 1. The molecule has 1 saturated heterocycles. The number of hydrogen-bond donors (Lipinski definition) is 0. The first kappa shape index (κ1) is 77.5. The molecule has 3 unspecified atom stereocenters. The van der Waals surface area contributed by atoms with E-state index in [9.17, 15) is 37.7 Å². The molecule has 0 N–H and O–H groups in total. The molecule has 6 aromatic rings. The molecular formula is C62H71Br2KNO11P3S4. The minimum atomic E-state index is -3.65. The number of aryl methyl sites for hydroxylation is 7. The summed E-state index contributed by atoms with van der Waals surface area (Å²) in [7, 11) is -10.9. The number of rotatable bonds is 18. The molecule has 1 aliphatic heterocycles. The molecule has 1 fully saturated rings. The normalized spacial score (nSPS) is 13.6. The number of halogens is 2. The third-order valence-electron chi connectivity index (χ3n) is 12.1. The zero-order chi connectivity index (χ0) is 62.4. The van der Waals surface area contributed by atoms with Crippen LogP contribution in [0, 0.1) is 48.5 Å². The van der Waals surface area contributed by atoms with Crippen molar-refractivity contribution in [3.63, 3.8) is 0 Å². The number of carbonyl (C=O) groups is 5. The van der Waals surface area contributed by atoms with Crippen molar-refractivity contribution >= 4 is 156 Å². The van der Waals surface area contributed by atoms with Crippen LogP contribution >= 0.6 is 90.4 Å². The van der Waals surface area contributed by atoms with E-state index in [1.807, 2.05) is 110 Å². The first-order valence-corrected chi connectivity index (χ1v) is 35.2. The molecule has 2 amide bonds. The molecule has 0 bridgehead atoms. The van der Waals surface area contributed by atoms with Gasteiger partial charge in [0.2, 0.25) is 11.8 Å². The summed E-state index contributed by atoms with van der Waals surface area (Å²) in [6.45, 7) is 22.7. The van der Waals surface area contributed by atoms with Crippen molar-refractivity contribution in [2.75, 3.05) is 19.8 Å². The van der Waals surface area contributed by atoms with Gasteiger partial charge < -0.3 is 38.4 Å². The Kier molecular flexibility index (Phi) is 34.5. The summed E-state index contributed by atoms with van der Waals surface area (Å²) < 4.78 is 59.2. The maximum Gasteiger partial charge on any atom is 1.00 e. The molecule has 0 aromatic heterocycles. The summed E-state index contributed by atoms with van der Waals surface area (Å²) in [6, 6.07) is 37.9. The third-order valence-corrected chi connectivity index (χ3v) is 21.9. The van der Waals surface area contributed by atoms with Crippen LogP contribution in [0.4, 0.5) is 0 Å². The molecule has 0 radical (unpaired) electrons. The minimum Gasteiger partial charge on any atom is -0.433 e. The Hall–Kier alpha value is -2.61. The number of imide groups is 1. The van der Waals surface area contributed by atoms with Crippen molar-refractivity contribution in [2.45, 2.75) is 107 Å². The summed E-state index contributed by atoms with van der Waals surface area (Å²) in [5.74, 6) is 0.470. The van der Waals surface area contributed by atoms with Crippen LogP contribution in [0.25, 0.3) is 0 Å². The average molecular weight is 1430 g/mol. The summed E-state index contributed by atoms with van der Waals surface area (Å²) in [5.41, 5.74) is 8.38. The molecule has 0 aliphatic carbocycles. The number of thiocarbonyl (C=S) groups is 2. The van der Waals surface area contributed by atoms with Gasteiger partial charge in [0.25, 0.3) is 16.6 Å². The summed E-state index contributed by atoms with van der Waals surface area (Å²) in [4.78, 5) is 60.3. The van der Waals surface area contributed by atoms with Crippen molar-refractivity contribution in [1.29, 1.82) is 0 Å². The average Bonchev–Trinajstić information content (AvgIpc) is 1.84. The van der Waals surface area contributed by atoms with Crippen LogP contribution < -0.4 is 67.3 Å². The van der Waals surface area contributed by atoms with Gasteiger partial charge in [0.15, 0.2) is 0 Å². The first-order chi connectivity index (χ1) is 39.1. The fourth-order valence-corrected chi connectivity index (χ4v) is 16.4. The zero-order valence-electron chi connectivity index (χ0n) is 49.7. The van der Waals surface area contributed by atoms with Crippen molar-refractivity contribution in [2.24, 2.45) is 0 Å². The summed E-state index contributed by atoms with van der Waals surface area (Å²) >= 11 is 21.6. The molecular weight excluding hydrogens is 1350 g/mol. The van der Waals surface area contributed by atoms with Crippen LogP contribution in [-0.4, -0.2) is 60.5 Å². The Morgan fingerprint density at radius 3 is 1.02 bits per heavy atom. The number of hydrogen-bond acceptors (Lipinski definition) is 15. The van der Waals surface area contributed by atoms with E-state index in [0.29, 0.717) is 55.0 Å². The maximum atomic E-state index is 13.5. The largest absolute Gasteiger partial charge is 1.00 e. The number of carbonyl (C=O) groups excluding carboxylic acids is 5. The van der Waals surface area contributed by atoms with Crippen LogP contribution in [0.2, 0.25) is 0 Å². The van der Waals surface area contributed by atoms with E-state index in [1.54, 1.807) is 112 Å². The molecule has 0 saturated carbocycles. The zero-order valence-corrected chi connectivity index (χ0v) is 62.0. The van der Waals surface area contributed by atoms with E-state index in [1.165, 1.54) is 0 Å². The number of nitrogens with zero attached hydrogens (tertiary/aromatic N) is 1. The molecule has 22 heteroatoms. The van der Waals surface area contributed by atoms with Gasteiger partial charge in [-0.05, 0) is 157 Å². The topological polar surface area (TPSA) is 167 Å². The van der Waals surface area contributed by atoms with Crippen LogP contribution in [-0.2, 0) is 60.6 Å². The second kappa shape index (κ2) is 37.4. The Bertz CT molecular complexity index is 3360.